The number of halogens is 1. The summed E-state index contributed by atoms with van der Waals surface area (Å²) in [4.78, 5) is 21.2. The minimum absolute atomic E-state index is 0. The molecule has 1 aromatic carbocycles. The Kier molecular flexibility index (Phi) is 5.13. The minimum atomic E-state index is -0.940. The smallest absolute Gasteiger partial charge is 0.245 e. The van der Waals surface area contributed by atoms with Crippen LogP contribution in [0.15, 0.2) is 30.6 Å². The fourth-order valence-electron chi connectivity index (χ4n) is 3.10. The Hall–Kier alpha value is -1.76. The zero-order chi connectivity index (χ0) is 16.7. The van der Waals surface area contributed by atoms with Crippen molar-refractivity contribution in [2.75, 3.05) is 11.9 Å². The summed E-state index contributed by atoms with van der Waals surface area (Å²) in [5.74, 6) is -0.193. The summed E-state index contributed by atoms with van der Waals surface area (Å²) >= 11 is 0. The van der Waals surface area contributed by atoms with Gasteiger partial charge in [0.15, 0.2) is 0 Å². The van der Waals surface area contributed by atoms with Crippen molar-refractivity contribution in [3.05, 3.63) is 30.6 Å². The van der Waals surface area contributed by atoms with Crippen LogP contribution in [0.4, 0.5) is 5.69 Å². The van der Waals surface area contributed by atoms with Crippen LogP contribution >= 0.6 is 12.4 Å². The summed E-state index contributed by atoms with van der Waals surface area (Å²) in [6.07, 6.45) is 3.79. The predicted octanol–water partition coefficient (Wildman–Crippen LogP) is 2.52. The molecule has 1 heterocycles. The van der Waals surface area contributed by atoms with Crippen molar-refractivity contribution in [2.45, 2.75) is 38.8 Å². The van der Waals surface area contributed by atoms with Crippen LogP contribution in [0.25, 0.3) is 11.0 Å². The third kappa shape index (κ3) is 2.85. The van der Waals surface area contributed by atoms with E-state index in [2.05, 4.69) is 15.3 Å². The second-order valence-electron chi connectivity index (χ2n) is 6.56. The summed E-state index contributed by atoms with van der Waals surface area (Å²) in [6, 6.07) is 5.44. The normalized spacial score (nSPS) is 24.8. The summed E-state index contributed by atoms with van der Waals surface area (Å²) in [5.41, 5.74) is 7.22. The largest absolute Gasteiger partial charge is 0.378 e. The standard InChI is InChI=1S/C17H22N4O2.ClH/c1-4-23-14-10-17(18,16(14,2)3)15(22)21-11-5-6-12-13(9-11)20-8-7-19-12;/h5-9,14H,4,10,18H2,1-3H3,(H,21,22);1H. The fourth-order valence-corrected chi connectivity index (χ4v) is 3.10. The van der Waals surface area contributed by atoms with Crippen molar-refractivity contribution in [2.24, 2.45) is 11.1 Å². The Balaban J connectivity index is 0.00000208. The molecular formula is C17H23ClN4O2. The number of hydrogen-bond acceptors (Lipinski definition) is 5. The van der Waals surface area contributed by atoms with Gasteiger partial charge in [-0.3, -0.25) is 14.8 Å². The molecule has 0 spiro atoms. The van der Waals surface area contributed by atoms with Crippen LogP contribution < -0.4 is 11.1 Å². The van der Waals surface area contributed by atoms with Crippen LogP contribution in [0.3, 0.4) is 0 Å². The number of aromatic nitrogens is 2. The SMILES string of the molecule is CCOC1CC(N)(C(=O)Nc2ccc3nccnc3c2)C1(C)C.Cl. The number of carbonyl (C=O) groups is 1. The van der Waals surface area contributed by atoms with E-state index >= 15 is 0 Å². The number of ether oxygens (including phenoxy) is 1. The molecule has 24 heavy (non-hydrogen) atoms. The molecule has 1 aliphatic rings. The molecule has 1 saturated carbocycles. The van der Waals surface area contributed by atoms with E-state index in [0.29, 0.717) is 18.7 Å². The van der Waals surface area contributed by atoms with Gasteiger partial charge in [0.25, 0.3) is 0 Å². The van der Waals surface area contributed by atoms with E-state index < -0.39 is 11.0 Å². The number of fused-ring (bicyclic) bond motifs is 1. The Morgan fingerprint density at radius 1 is 1.33 bits per heavy atom. The molecule has 7 heteroatoms. The van der Waals surface area contributed by atoms with Gasteiger partial charge < -0.3 is 15.8 Å². The first-order valence-corrected chi connectivity index (χ1v) is 7.81. The molecule has 1 fully saturated rings. The van der Waals surface area contributed by atoms with Crippen molar-refractivity contribution in [1.29, 1.82) is 0 Å². The number of nitrogens with zero attached hydrogens (tertiary/aromatic N) is 2. The molecule has 1 amide bonds. The van der Waals surface area contributed by atoms with Gasteiger partial charge >= 0.3 is 0 Å². The van der Waals surface area contributed by atoms with Gasteiger partial charge in [-0.05, 0) is 25.1 Å². The van der Waals surface area contributed by atoms with E-state index in [4.69, 9.17) is 10.5 Å². The van der Waals surface area contributed by atoms with Crippen LogP contribution in [0.2, 0.25) is 0 Å². The highest BCUT2D eigenvalue weighted by Crippen LogP contribution is 2.50. The fraction of sp³-hybridized carbons (Fsp3) is 0.471. The molecule has 3 N–H and O–H groups in total. The minimum Gasteiger partial charge on any atom is -0.378 e. The van der Waals surface area contributed by atoms with E-state index in [-0.39, 0.29) is 24.4 Å². The lowest BCUT2D eigenvalue weighted by Gasteiger charge is -2.57. The molecule has 2 aromatic rings. The van der Waals surface area contributed by atoms with Crippen molar-refractivity contribution in [3.8, 4) is 0 Å². The molecule has 1 aliphatic carbocycles. The van der Waals surface area contributed by atoms with E-state index in [9.17, 15) is 4.79 Å². The third-order valence-corrected chi connectivity index (χ3v) is 4.96. The van der Waals surface area contributed by atoms with E-state index in [1.165, 1.54) is 0 Å². The zero-order valence-electron chi connectivity index (χ0n) is 14.1. The first-order valence-electron chi connectivity index (χ1n) is 7.81. The highest BCUT2D eigenvalue weighted by Gasteiger charge is 2.62. The summed E-state index contributed by atoms with van der Waals surface area (Å²) in [7, 11) is 0. The monoisotopic (exact) mass is 350 g/mol. The maximum atomic E-state index is 12.7. The van der Waals surface area contributed by atoms with Crippen molar-refractivity contribution >= 4 is 35.0 Å². The predicted molar refractivity (Wildman–Crippen MR) is 96.1 cm³/mol. The Labute approximate surface area is 147 Å². The van der Waals surface area contributed by atoms with E-state index in [1.54, 1.807) is 18.5 Å². The quantitative estimate of drug-likeness (QED) is 0.884. The van der Waals surface area contributed by atoms with Crippen molar-refractivity contribution in [1.82, 2.24) is 9.97 Å². The molecule has 3 rings (SSSR count). The van der Waals surface area contributed by atoms with Gasteiger partial charge in [0.05, 0.1) is 17.1 Å². The number of nitrogens with one attached hydrogen (secondary N) is 1. The number of anilines is 1. The lowest BCUT2D eigenvalue weighted by molar-refractivity contribution is -0.166. The van der Waals surface area contributed by atoms with Gasteiger partial charge in [0, 0.05) is 36.5 Å². The highest BCUT2D eigenvalue weighted by atomic mass is 35.5. The van der Waals surface area contributed by atoms with Crippen LogP contribution in [0.1, 0.15) is 27.2 Å². The van der Waals surface area contributed by atoms with Crippen LogP contribution in [-0.4, -0.2) is 34.1 Å². The topological polar surface area (TPSA) is 90.1 Å². The van der Waals surface area contributed by atoms with Gasteiger partial charge in [0.2, 0.25) is 5.91 Å². The average molecular weight is 351 g/mol. The zero-order valence-corrected chi connectivity index (χ0v) is 14.9. The highest BCUT2D eigenvalue weighted by molar-refractivity contribution is 6.00. The molecule has 0 radical (unpaired) electrons. The molecule has 2 unspecified atom stereocenters. The van der Waals surface area contributed by atoms with E-state index in [0.717, 1.165) is 11.0 Å². The molecule has 1 aromatic heterocycles. The third-order valence-electron chi connectivity index (χ3n) is 4.96. The number of hydrogen-bond donors (Lipinski definition) is 2. The van der Waals surface area contributed by atoms with Crippen LogP contribution in [0.5, 0.6) is 0 Å². The van der Waals surface area contributed by atoms with Gasteiger partial charge in [-0.15, -0.1) is 12.4 Å². The second-order valence-corrected chi connectivity index (χ2v) is 6.56. The first-order chi connectivity index (χ1) is 10.9. The molecule has 6 nitrogen and oxygen atoms in total. The van der Waals surface area contributed by atoms with E-state index in [1.807, 2.05) is 32.9 Å². The average Bonchev–Trinajstić information content (AvgIpc) is 2.54. The summed E-state index contributed by atoms with van der Waals surface area (Å²) < 4.78 is 5.67. The summed E-state index contributed by atoms with van der Waals surface area (Å²) in [6.45, 7) is 6.52. The molecule has 0 saturated heterocycles. The Morgan fingerprint density at radius 3 is 2.62 bits per heavy atom. The van der Waals surface area contributed by atoms with Gasteiger partial charge in [-0.25, -0.2) is 0 Å². The van der Waals surface area contributed by atoms with Crippen LogP contribution in [-0.2, 0) is 9.53 Å². The number of nitrogens with two attached hydrogens (primary N) is 1. The lowest BCUT2D eigenvalue weighted by atomic mass is 9.54. The Morgan fingerprint density at radius 2 is 2.00 bits per heavy atom. The lowest BCUT2D eigenvalue weighted by Crippen LogP contribution is -2.74. The molecule has 130 valence electrons. The molecular weight excluding hydrogens is 328 g/mol. The number of rotatable bonds is 4. The summed E-state index contributed by atoms with van der Waals surface area (Å²) in [5, 5.41) is 2.91. The Bertz CT molecular complexity index is 752. The van der Waals surface area contributed by atoms with Gasteiger partial charge in [-0.2, -0.15) is 0 Å². The number of amides is 1. The molecule has 0 bridgehead atoms. The van der Waals surface area contributed by atoms with Crippen LogP contribution in [0, 0.1) is 5.41 Å². The van der Waals surface area contributed by atoms with Crippen molar-refractivity contribution in [3.63, 3.8) is 0 Å². The van der Waals surface area contributed by atoms with Gasteiger partial charge in [-0.1, -0.05) is 13.8 Å². The number of carbonyl (C=O) groups excluding carboxylic acids is 1. The van der Waals surface area contributed by atoms with Gasteiger partial charge in [0.1, 0.15) is 5.54 Å². The molecule has 2 atom stereocenters. The van der Waals surface area contributed by atoms with Crippen molar-refractivity contribution < 1.29 is 9.53 Å². The second kappa shape index (κ2) is 6.63. The maximum absolute atomic E-state index is 12.7. The maximum Gasteiger partial charge on any atom is 0.245 e. The number of benzene rings is 1. The first kappa shape index (κ1) is 18.6. The molecule has 0 aliphatic heterocycles.